The van der Waals surface area contributed by atoms with Crippen LogP contribution in [-0.4, -0.2) is 13.0 Å². The largest absolute Gasteiger partial charge is 1.00 e. The first kappa shape index (κ1) is 19.1. The molecule has 0 radical (unpaired) electrons. The van der Waals surface area contributed by atoms with Gasteiger partial charge in [-0.2, -0.15) is 0 Å². The first-order valence-electron chi connectivity index (χ1n) is 6.45. The topological polar surface area (TPSA) is 57.2 Å². The van der Waals surface area contributed by atoms with Gasteiger partial charge in [-0.05, 0) is 30.4 Å². The third kappa shape index (κ3) is 7.47. The Morgan fingerprint density at radius 3 is 2.32 bits per heavy atom. The van der Waals surface area contributed by atoms with E-state index in [0.29, 0.717) is 17.9 Å². The first-order valence-corrected chi connectivity index (χ1v) is 7.86. The molecular formula is C14H21NaO3S. The van der Waals surface area contributed by atoms with E-state index in [0.717, 1.165) is 19.3 Å². The van der Waals surface area contributed by atoms with Crippen LogP contribution >= 0.6 is 0 Å². The molecule has 0 spiro atoms. The second-order valence-corrected chi connectivity index (χ2v) is 6.40. The normalized spacial score (nSPS) is 11.4. The quantitative estimate of drug-likeness (QED) is 0.414. The van der Waals surface area contributed by atoms with E-state index in [9.17, 15) is 13.0 Å². The number of hydrogen-bond donors (Lipinski definition) is 0. The summed E-state index contributed by atoms with van der Waals surface area (Å²) in [5.74, 6) is 0.708. The molecule has 0 saturated carbocycles. The summed E-state index contributed by atoms with van der Waals surface area (Å²) in [7, 11) is -4.34. The first-order chi connectivity index (χ1) is 8.41. The Hall–Kier alpha value is 0.130. The van der Waals surface area contributed by atoms with Crippen LogP contribution in [0, 0.1) is 5.92 Å². The summed E-state index contributed by atoms with van der Waals surface area (Å²) in [6.07, 6.45) is 5.02. The predicted octanol–water partition coefficient (Wildman–Crippen LogP) is 0.354. The molecule has 1 rings (SSSR count). The fourth-order valence-electron chi connectivity index (χ4n) is 2.00. The van der Waals surface area contributed by atoms with Crippen molar-refractivity contribution in [2.45, 2.75) is 50.8 Å². The third-order valence-electron chi connectivity index (χ3n) is 2.97. The van der Waals surface area contributed by atoms with Crippen LogP contribution in [0.5, 0.6) is 0 Å². The van der Waals surface area contributed by atoms with Crippen LogP contribution in [0.1, 0.15) is 45.1 Å². The molecule has 0 amide bonds. The van der Waals surface area contributed by atoms with E-state index < -0.39 is 10.1 Å². The van der Waals surface area contributed by atoms with Crippen molar-refractivity contribution >= 4 is 10.1 Å². The van der Waals surface area contributed by atoms with Crippen LogP contribution in [0.15, 0.2) is 29.2 Å². The van der Waals surface area contributed by atoms with Gasteiger partial charge in [-0.3, -0.25) is 0 Å². The smallest absolute Gasteiger partial charge is 0.744 e. The van der Waals surface area contributed by atoms with Crippen molar-refractivity contribution in [2.75, 3.05) is 0 Å². The van der Waals surface area contributed by atoms with Gasteiger partial charge in [-0.25, -0.2) is 8.42 Å². The van der Waals surface area contributed by atoms with Crippen molar-refractivity contribution in [3.63, 3.8) is 0 Å². The van der Waals surface area contributed by atoms with Crippen LogP contribution in [0.3, 0.4) is 0 Å². The molecule has 0 atom stereocenters. The van der Waals surface area contributed by atoms with Gasteiger partial charge in [0.1, 0.15) is 10.1 Å². The molecule has 19 heavy (non-hydrogen) atoms. The fraction of sp³-hybridized carbons (Fsp3) is 0.571. The summed E-state index contributed by atoms with van der Waals surface area (Å²) >= 11 is 0. The van der Waals surface area contributed by atoms with Gasteiger partial charge in [0.2, 0.25) is 0 Å². The zero-order valence-electron chi connectivity index (χ0n) is 12.1. The second-order valence-electron chi connectivity index (χ2n) is 5.06. The molecular weight excluding hydrogens is 271 g/mol. The van der Waals surface area contributed by atoms with E-state index in [1.165, 1.54) is 12.5 Å². The van der Waals surface area contributed by atoms with Crippen molar-refractivity contribution in [2.24, 2.45) is 5.92 Å². The molecule has 102 valence electrons. The molecule has 0 aliphatic carbocycles. The van der Waals surface area contributed by atoms with E-state index >= 15 is 0 Å². The molecule has 0 fully saturated rings. The average Bonchev–Trinajstić information content (AvgIpc) is 2.27. The van der Waals surface area contributed by atoms with Crippen molar-refractivity contribution in [3.8, 4) is 0 Å². The standard InChI is InChI=1S/C14H22O3S.Na/c1-12(2)8-4-3-5-9-13-10-6-7-11-14(13)18(15,16)17;/h6-7,10-12H,3-5,8-9H2,1-2H3,(H,15,16,17);/q;+1/p-1. The van der Waals surface area contributed by atoms with E-state index in [1.807, 2.05) is 0 Å². The van der Waals surface area contributed by atoms with E-state index in [2.05, 4.69) is 13.8 Å². The number of rotatable bonds is 7. The minimum atomic E-state index is -4.34. The summed E-state index contributed by atoms with van der Waals surface area (Å²) in [6.45, 7) is 4.39. The Kier molecular flexibility index (Phi) is 9.20. The zero-order chi connectivity index (χ0) is 13.6. The Labute approximate surface area is 138 Å². The molecule has 1 aromatic rings. The van der Waals surface area contributed by atoms with Crippen molar-refractivity contribution < 1.29 is 42.5 Å². The van der Waals surface area contributed by atoms with Crippen molar-refractivity contribution in [1.29, 1.82) is 0 Å². The van der Waals surface area contributed by atoms with Gasteiger partial charge in [0.05, 0.1) is 4.90 Å². The Bertz CT molecular complexity index is 469. The maximum absolute atomic E-state index is 11.1. The molecule has 0 heterocycles. The van der Waals surface area contributed by atoms with Gasteiger partial charge in [0, 0.05) is 0 Å². The maximum Gasteiger partial charge on any atom is 1.00 e. The van der Waals surface area contributed by atoms with Gasteiger partial charge in [0.25, 0.3) is 0 Å². The molecule has 0 aromatic heterocycles. The Morgan fingerprint density at radius 1 is 1.11 bits per heavy atom. The van der Waals surface area contributed by atoms with Gasteiger partial charge in [-0.1, -0.05) is 51.3 Å². The fourth-order valence-corrected chi connectivity index (χ4v) is 2.74. The van der Waals surface area contributed by atoms with Crippen molar-refractivity contribution in [3.05, 3.63) is 29.8 Å². The van der Waals surface area contributed by atoms with Crippen LogP contribution in [0.25, 0.3) is 0 Å². The molecule has 0 bridgehead atoms. The molecule has 0 saturated heterocycles. The van der Waals surface area contributed by atoms with Gasteiger partial charge in [0.15, 0.2) is 0 Å². The summed E-state index contributed by atoms with van der Waals surface area (Å²) in [5.41, 5.74) is 0.650. The molecule has 3 nitrogen and oxygen atoms in total. The van der Waals surface area contributed by atoms with Crippen LogP contribution in [-0.2, 0) is 16.5 Å². The van der Waals surface area contributed by atoms with Crippen LogP contribution in [0.2, 0.25) is 0 Å². The monoisotopic (exact) mass is 292 g/mol. The molecule has 0 aliphatic rings. The minimum Gasteiger partial charge on any atom is -0.744 e. The van der Waals surface area contributed by atoms with Crippen molar-refractivity contribution in [1.82, 2.24) is 0 Å². The maximum atomic E-state index is 11.1. The second kappa shape index (κ2) is 9.14. The Balaban J connectivity index is 0.00000324. The summed E-state index contributed by atoms with van der Waals surface area (Å²) < 4.78 is 33.2. The predicted molar refractivity (Wildman–Crippen MR) is 71.4 cm³/mol. The molecule has 1 aromatic carbocycles. The molecule has 5 heteroatoms. The average molecular weight is 292 g/mol. The molecule has 0 aliphatic heterocycles. The van der Waals surface area contributed by atoms with E-state index in [1.54, 1.807) is 18.2 Å². The molecule has 0 N–H and O–H groups in total. The summed E-state index contributed by atoms with van der Waals surface area (Å²) in [5, 5.41) is 0. The zero-order valence-corrected chi connectivity index (χ0v) is 14.9. The van der Waals surface area contributed by atoms with Crippen LogP contribution in [0.4, 0.5) is 0 Å². The number of benzene rings is 1. The van der Waals surface area contributed by atoms with E-state index in [-0.39, 0.29) is 34.5 Å². The number of unbranched alkanes of at least 4 members (excludes halogenated alkanes) is 2. The Morgan fingerprint density at radius 2 is 1.74 bits per heavy atom. The summed E-state index contributed by atoms with van der Waals surface area (Å²) in [6, 6.07) is 6.49. The minimum absolute atomic E-state index is 0. The van der Waals surface area contributed by atoms with Gasteiger partial charge < -0.3 is 4.55 Å². The summed E-state index contributed by atoms with van der Waals surface area (Å²) in [4.78, 5) is -0.0612. The number of hydrogen-bond acceptors (Lipinski definition) is 3. The third-order valence-corrected chi connectivity index (χ3v) is 3.91. The van der Waals surface area contributed by atoms with Crippen LogP contribution < -0.4 is 29.6 Å². The van der Waals surface area contributed by atoms with Gasteiger partial charge >= 0.3 is 29.6 Å². The SMILES string of the molecule is CC(C)CCCCCc1ccccc1S(=O)(=O)[O-].[Na+]. The molecule has 0 unspecified atom stereocenters. The number of aryl methyl sites for hydroxylation is 1. The van der Waals surface area contributed by atoms with E-state index in [4.69, 9.17) is 0 Å². The van der Waals surface area contributed by atoms with Gasteiger partial charge in [-0.15, -0.1) is 0 Å².